The van der Waals surface area contributed by atoms with Crippen LogP contribution in [0.15, 0.2) is 48.5 Å². The standard InChI is InChI=1S/C18H18N2O3/c1-13(21)11-20-18(22)16-6-3-7-17(9-16)23-12-15-5-2-4-14(8-15)10-19/h2-9,13,21H,11-12H2,1H3,(H,20,22)/t13-/m0/s1. The summed E-state index contributed by atoms with van der Waals surface area (Å²) in [6.07, 6.45) is -0.592. The third kappa shape index (κ3) is 5.13. The Balaban J connectivity index is 1.99. The van der Waals surface area contributed by atoms with Crippen LogP contribution in [0.3, 0.4) is 0 Å². The van der Waals surface area contributed by atoms with Crippen LogP contribution >= 0.6 is 0 Å². The Hall–Kier alpha value is -2.84. The molecule has 2 rings (SSSR count). The van der Waals surface area contributed by atoms with E-state index in [1.807, 2.05) is 6.07 Å². The number of carbonyl (C=O) groups is 1. The summed E-state index contributed by atoms with van der Waals surface area (Å²) in [7, 11) is 0. The largest absolute Gasteiger partial charge is 0.489 e. The number of aliphatic hydroxyl groups excluding tert-OH is 1. The smallest absolute Gasteiger partial charge is 0.251 e. The van der Waals surface area contributed by atoms with Crippen LogP contribution in [0.4, 0.5) is 0 Å². The molecule has 1 atom stereocenters. The second kappa shape index (κ2) is 7.97. The van der Waals surface area contributed by atoms with Crippen LogP contribution in [-0.4, -0.2) is 23.7 Å². The van der Waals surface area contributed by atoms with Crippen molar-refractivity contribution in [2.45, 2.75) is 19.6 Å². The molecule has 0 saturated heterocycles. The molecule has 0 fully saturated rings. The molecule has 0 saturated carbocycles. The van der Waals surface area contributed by atoms with E-state index in [2.05, 4.69) is 11.4 Å². The highest BCUT2D eigenvalue weighted by Gasteiger charge is 2.07. The Labute approximate surface area is 135 Å². The molecule has 0 aliphatic heterocycles. The third-order valence-corrected chi connectivity index (χ3v) is 3.12. The maximum atomic E-state index is 11.9. The normalized spacial score (nSPS) is 11.3. The number of hydrogen-bond acceptors (Lipinski definition) is 4. The molecule has 5 nitrogen and oxygen atoms in total. The van der Waals surface area contributed by atoms with Crippen molar-refractivity contribution in [3.8, 4) is 11.8 Å². The number of benzene rings is 2. The van der Waals surface area contributed by atoms with Gasteiger partial charge in [-0.15, -0.1) is 0 Å². The monoisotopic (exact) mass is 310 g/mol. The number of nitrogens with one attached hydrogen (secondary N) is 1. The van der Waals surface area contributed by atoms with Crippen LogP contribution in [-0.2, 0) is 6.61 Å². The highest BCUT2D eigenvalue weighted by atomic mass is 16.5. The first-order valence-corrected chi connectivity index (χ1v) is 7.26. The number of amides is 1. The van der Waals surface area contributed by atoms with Crippen LogP contribution in [0.5, 0.6) is 5.75 Å². The first kappa shape index (κ1) is 16.5. The molecule has 118 valence electrons. The molecule has 0 aromatic heterocycles. The Morgan fingerprint density at radius 2 is 2.09 bits per heavy atom. The molecule has 0 bridgehead atoms. The summed E-state index contributed by atoms with van der Waals surface area (Å²) >= 11 is 0. The fraction of sp³-hybridized carbons (Fsp3) is 0.222. The number of carbonyl (C=O) groups excluding carboxylic acids is 1. The molecule has 0 radical (unpaired) electrons. The minimum atomic E-state index is -0.592. The lowest BCUT2D eigenvalue weighted by Crippen LogP contribution is -2.30. The van der Waals surface area contributed by atoms with Crippen molar-refractivity contribution in [1.82, 2.24) is 5.32 Å². The zero-order chi connectivity index (χ0) is 16.7. The van der Waals surface area contributed by atoms with Gasteiger partial charge in [0.1, 0.15) is 12.4 Å². The maximum Gasteiger partial charge on any atom is 0.251 e. The third-order valence-electron chi connectivity index (χ3n) is 3.12. The summed E-state index contributed by atoms with van der Waals surface area (Å²) < 4.78 is 5.67. The fourth-order valence-electron chi connectivity index (χ4n) is 1.97. The first-order chi connectivity index (χ1) is 11.1. The molecule has 0 aliphatic carbocycles. The van der Waals surface area contributed by atoms with E-state index in [0.29, 0.717) is 23.5 Å². The average molecular weight is 310 g/mol. The number of nitrogens with zero attached hydrogens (tertiary/aromatic N) is 1. The number of ether oxygens (including phenoxy) is 1. The topological polar surface area (TPSA) is 82.3 Å². The van der Waals surface area contributed by atoms with Crippen LogP contribution in [0, 0.1) is 11.3 Å². The van der Waals surface area contributed by atoms with Crippen molar-refractivity contribution in [3.05, 3.63) is 65.2 Å². The minimum Gasteiger partial charge on any atom is -0.489 e. The van der Waals surface area contributed by atoms with Gasteiger partial charge in [0.2, 0.25) is 0 Å². The number of aliphatic hydroxyl groups is 1. The van der Waals surface area contributed by atoms with E-state index < -0.39 is 6.10 Å². The molecule has 2 N–H and O–H groups in total. The molecule has 1 amide bonds. The molecule has 0 unspecified atom stereocenters. The van der Waals surface area contributed by atoms with Gasteiger partial charge in [0.25, 0.3) is 5.91 Å². The molecule has 23 heavy (non-hydrogen) atoms. The van der Waals surface area contributed by atoms with Gasteiger partial charge in [-0.2, -0.15) is 5.26 Å². The second-order valence-corrected chi connectivity index (χ2v) is 5.19. The van der Waals surface area contributed by atoms with Gasteiger partial charge in [-0.1, -0.05) is 18.2 Å². The van der Waals surface area contributed by atoms with Crippen molar-refractivity contribution in [2.24, 2.45) is 0 Å². The van der Waals surface area contributed by atoms with Gasteiger partial charge in [-0.25, -0.2) is 0 Å². The lowest BCUT2D eigenvalue weighted by Gasteiger charge is -2.10. The Bertz CT molecular complexity index is 720. The molecule has 2 aromatic rings. The molecule has 0 spiro atoms. The van der Waals surface area contributed by atoms with E-state index in [9.17, 15) is 9.90 Å². The number of rotatable bonds is 6. The lowest BCUT2D eigenvalue weighted by atomic mass is 10.1. The fourth-order valence-corrected chi connectivity index (χ4v) is 1.97. The van der Waals surface area contributed by atoms with Crippen molar-refractivity contribution in [1.29, 1.82) is 5.26 Å². The average Bonchev–Trinajstić information content (AvgIpc) is 2.58. The van der Waals surface area contributed by atoms with Crippen molar-refractivity contribution in [3.63, 3.8) is 0 Å². The SMILES string of the molecule is C[C@H](O)CNC(=O)c1cccc(OCc2cccc(C#N)c2)c1. The zero-order valence-electron chi connectivity index (χ0n) is 12.8. The van der Waals surface area contributed by atoms with Gasteiger partial charge >= 0.3 is 0 Å². The first-order valence-electron chi connectivity index (χ1n) is 7.26. The molecule has 2 aromatic carbocycles. The molecule has 5 heteroatoms. The highest BCUT2D eigenvalue weighted by Crippen LogP contribution is 2.15. The summed E-state index contributed by atoms with van der Waals surface area (Å²) in [6.45, 7) is 2.12. The van der Waals surface area contributed by atoms with Crippen LogP contribution < -0.4 is 10.1 Å². The van der Waals surface area contributed by atoms with E-state index in [-0.39, 0.29) is 12.5 Å². The number of hydrogen-bond donors (Lipinski definition) is 2. The summed E-state index contributed by atoms with van der Waals surface area (Å²) in [5.41, 5.74) is 1.93. The molecule has 0 heterocycles. The lowest BCUT2D eigenvalue weighted by molar-refractivity contribution is 0.0923. The highest BCUT2D eigenvalue weighted by molar-refractivity contribution is 5.94. The Morgan fingerprint density at radius 1 is 1.30 bits per heavy atom. The second-order valence-electron chi connectivity index (χ2n) is 5.19. The quantitative estimate of drug-likeness (QED) is 0.857. The van der Waals surface area contributed by atoms with E-state index >= 15 is 0 Å². The van der Waals surface area contributed by atoms with E-state index in [1.54, 1.807) is 49.4 Å². The van der Waals surface area contributed by atoms with Gasteiger partial charge in [0, 0.05) is 12.1 Å². The van der Waals surface area contributed by atoms with Crippen LogP contribution in [0.2, 0.25) is 0 Å². The molecular formula is C18H18N2O3. The summed E-state index contributed by atoms with van der Waals surface area (Å²) in [5.74, 6) is 0.305. The summed E-state index contributed by atoms with van der Waals surface area (Å²) in [5, 5.41) is 20.7. The van der Waals surface area contributed by atoms with Gasteiger partial charge in [-0.05, 0) is 42.8 Å². The van der Waals surface area contributed by atoms with Gasteiger partial charge in [-0.3, -0.25) is 4.79 Å². The maximum absolute atomic E-state index is 11.9. The molecular weight excluding hydrogens is 292 g/mol. The van der Waals surface area contributed by atoms with E-state index in [4.69, 9.17) is 10.00 Å². The predicted octanol–water partition coefficient (Wildman–Crippen LogP) is 2.25. The minimum absolute atomic E-state index is 0.199. The molecule has 0 aliphatic rings. The van der Waals surface area contributed by atoms with Gasteiger partial charge in [0.05, 0.1) is 17.7 Å². The van der Waals surface area contributed by atoms with E-state index in [1.165, 1.54) is 0 Å². The van der Waals surface area contributed by atoms with Gasteiger partial charge in [0.15, 0.2) is 0 Å². The van der Waals surface area contributed by atoms with Crippen LogP contribution in [0.1, 0.15) is 28.4 Å². The summed E-state index contributed by atoms with van der Waals surface area (Å²) in [4.78, 5) is 11.9. The van der Waals surface area contributed by atoms with E-state index in [0.717, 1.165) is 5.56 Å². The van der Waals surface area contributed by atoms with Crippen molar-refractivity contribution < 1.29 is 14.6 Å². The summed E-state index contributed by atoms with van der Waals surface area (Å²) in [6, 6.07) is 16.1. The Morgan fingerprint density at radius 3 is 2.83 bits per heavy atom. The predicted molar refractivity (Wildman–Crippen MR) is 85.9 cm³/mol. The Kier molecular flexibility index (Phi) is 5.73. The van der Waals surface area contributed by atoms with Crippen molar-refractivity contribution >= 4 is 5.91 Å². The number of nitriles is 1. The zero-order valence-corrected chi connectivity index (χ0v) is 12.8. The van der Waals surface area contributed by atoms with Crippen LogP contribution in [0.25, 0.3) is 0 Å². The van der Waals surface area contributed by atoms with Gasteiger partial charge < -0.3 is 15.2 Å². The van der Waals surface area contributed by atoms with Crippen molar-refractivity contribution in [2.75, 3.05) is 6.54 Å².